The largest absolute Gasteiger partial charge is 0.465 e. The first-order chi connectivity index (χ1) is 14.4. The number of ether oxygens (including phenoxy) is 1. The van der Waals surface area contributed by atoms with Crippen LogP contribution >= 0.6 is 11.6 Å². The Labute approximate surface area is 175 Å². The molecule has 0 bridgehead atoms. The van der Waals surface area contributed by atoms with Gasteiger partial charge in [0.1, 0.15) is 5.69 Å². The van der Waals surface area contributed by atoms with Crippen molar-refractivity contribution in [2.75, 3.05) is 7.11 Å². The van der Waals surface area contributed by atoms with Crippen LogP contribution in [0.25, 0.3) is 17.1 Å². The Balaban J connectivity index is 2.10. The maximum absolute atomic E-state index is 13.8. The molecule has 14 heteroatoms. The van der Waals surface area contributed by atoms with E-state index in [1.54, 1.807) is 0 Å². The van der Waals surface area contributed by atoms with Crippen molar-refractivity contribution < 1.29 is 36.3 Å². The van der Waals surface area contributed by atoms with Gasteiger partial charge in [-0.3, -0.25) is 4.79 Å². The van der Waals surface area contributed by atoms with Gasteiger partial charge in [-0.2, -0.15) is 27.1 Å². The second-order valence-corrected chi connectivity index (χ2v) is 6.54. The van der Waals surface area contributed by atoms with Crippen LogP contribution in [0.2, 0.25) is 5.02 Å². The van der Waals surface area contributed by atoms with Gasteiger partial charge in [-0.25, -0.2) is 14.2 Å². The van der Waals surface area contributed by atoms with Crippen LogP contribution < -0.4 is 0 Å². The van der Waals surface area contributed by atoms with Crippen molar-refractivity contribution in [2.45, 2.75) is 12.1 Å². The van der Waals surface area contributed by atoms with Crippen molar-refractivity contribution in [2.24, 2.45) is 7.05 Å². The van der Waals surface area contributed by atoms with Crippen molar-refractivity contribution in [1.82, 2.24) is 24.8 Å². The number of carbonyl (C=O) groups is 2. The fourth-order valence-electron chi connectivity index (χ4n) is 2.73. The lowest BCUT2D eigenvalue weighted by Crippen LogP contribution is -2.35. The van der Waals surface area contributed by atoms with Gasteiger partial charge in [0.25, 0.3) is 0 Å². The standard InChI is InChI=1S/C17H11ClF5N5O3/c1-27-14(10(7-29)13(25-27)16(19,20)17(21,22)23)28-6-12(24-26-28)8-3-4-11(18)9(5-8)15(30)31-2/h3-7H,1-2H3. The monoisotopic (exact) mass is 463 g/mol. The molecule has 0 aliphatic carbocycles. The number of aromatic nitrogens is 5. The van der Waals surface area contributed by atoms with Crippen molar-refractivity contribution in [3.63, 3.8) is 0 Å². The molecule has 0 N–H and O–H groups in total. The summed E-state index contributed by atoms with van der Waals surface area (Å²) < 4.78 is 72.0. The second-order valence-electron chi connectivity index (χ2n) is 6.13. The number of aldehydes is 1. The Morgan fingerprint density at radius 2 is 1.90 bits per heavy atom. The molecule has 0 aliphatic rings. The molecule has 0 aliphatic heterocycles. The summed E-state index contributed by atoms with van der Waals surface area (Å²) in [7, 11) is 2.22. The molecule has 2 heterocycles. The number of rotatable bonds is 5. The van der Waals surface area contributed by atoms with E-state index < -0.39 is 35.1 Å². The Kier molecular flexibility index (Phi) is 5.56. The van der Waals surface area contributed by atoms with E-state index in [9.17, 15) is 31.5 Å². The summed E-state index contributed by atoms with van der Waals surface area (Å²) in [4.78, 5) is 23.2. The summed E-state index contributed by atoms with van der Waals surface area (Å²) in [5.41, 5.74) is -2.34. The highest BCUT2D eigenvalue weighted by Crippen LogP contribution is 2.45. The molecule has 0 spiro atoms. The minimum absolute atomic E-state index is 0.0115. The van der Waals surface area contributed by atoms with Crippen molar-refractivity contribution >= 4 is 23.9 Å². The lowest BCUT2D eigenvalue weighted by Gasteiger charge is -2.17. The summed E-state index contributed by atoms with van der Waals surface area (Å²) in [6, 6.07) is 4.18. The summed E-state index contributed by atoms with van der Waals surface area (Å²) in [5.74, 6) is -6.56. The van der Waals surface area contributed by atoms with Crippen LogP contribution in [0.3, 0.4) is 0 Å². The molecule has 31 heavy (non-hydrogen) atoms. The third kappa shape index (κ3) is 3.76. The van der Waals surface area contributed by atoms with Crippen molar-refractivity contribution in [3.8, 4) is 17.1 Å². The van der Waals surface area contributed by atoms with Crippen LogP contribution in [-0.2, 0) is 17.7 Å². The number of benzene rings is 1. The Bertz CT molecular complexity index is 1170. The average Bonchev–Trinajstić information content (AvgIpc) is 3.31. The van der Waals surface area contributed by atoms with Gasteiger partial charge in [0.2, 0.25) is 0 Å². The van der Waals surface area contributed by atoms with Gasteiger partial charge in [0.15, 0.2) is 17.8 Å². The van der Waals surface area contributed by atoms with Gasteiger partial charge in [-0.15, -0.1) is 5.10 Å². The Hall–Kier alpha value is -3.35. The quantitative estimate of drug-likeness (QED) is 0.326. The highest BCUT2D eigenvalue weighted by Gasteiger charge is 2.62. The van der Waals surface area contributed by atoms with Gasteiger partial charge >= 0.3 is 18.1 Å². The van der Waals surface area contributed by atoms with Gasteiger partial charge in [-0.05, 0) is 12.1 Å². The van der Waals surface area contributed by atoms with E-state index in [0.29, 0.717) is 10.2 Å². The van der Waals surface area contributed by atoms with E-state index in [4.69, 9.17) is 11.6 Å². The van der Waals surface area contributed by atoms with E-state index in [1.807, 2.05) is 0 Å². The lowest BCUT2D eigenvalue weighted by molar-refractivity contribution is -0.291. The Morgan fingerprint density at radius 1 is 1.23 bits per heavy atom. The number of alkyl halides is 5. The van der Waals surface area contributed by atoms with E-state index >= 15 is 0 Å². The number of carbonyl (C=O) groups excluding carboxylic acids is 2. The van der Waals surface area contributed by atoms with Crippen molar-refractivity contribution in [3.05, 3.63) is 46.2 Å². The van der Waals surface area contributed by atoms with Gasteiger partial charge in [0.05, 0.1) is 29.5 Å². The fourth-order valence-corrected chi connectivity index (χ4v) is 2.92. The van der Waals surface area contributed by atoms with Crippen molar-refractivity contribution in [1.29, 1.82) is 0 Å². The smallest absolute Gasteiger partial charge is 0.459 e. The number of aryl methyl sites for hydroxylation is 1. The first kappa shape index (κ1) is 22.3. The van der Waals surface area contributed by atoms with E-state index in [2.05, 4.69) is 20.1 Å². The van der Waals surface area contributed by atoms with Crippen LogP contribution in [0.4, 0.5) is 22.0 Å². The number of methoxy groups -OCH3 is 1. The minimum Gasteiger partial charge on any atom is -0.465 e. The van der Waals surface area contributed by atoms with Crippen LogP contribution in [0.5, 0.6) is 0 Å². The molecule has 0 unspecified atom stereocenters. The molecule has 0 amide bonds. The zero-order valence-electron chi connectivity index (χ0n) is 15.6. The number of halogens is 6. The molecular formula is C17H11ClF5N5O3. The first-order valence-corrected chi connectivity index (χ1v) is 8.58. The summed E-state index contributed by atoms with van der Waals surface area (Å²) in [5, 5.41) is 10.8. The zero-order chi connectivity index (χ0) is 23.1. The summed E-state index contributed by atoms with van der Waals surface area (Å²) in [6.45, 7) is 0. The topological polar surface area (TPSA) is 91.9 Å². The van der Waals surface area contributed by atoms with Crippen LogP contribution in [0.15, 0.2) is 24.4 Å². The molecule has 164 valence electrons. The predicted octanol–water partition coefficient (Wildman–Crippen LogP) is 3.57. The average molecular weight is 464 g/mol. The minimum atomic E-state index is -5.96. The highest BCUT2D eigenvalue weighted by atomic mass is 35.5. The fraction of sp³-hybridized carbons (Fsp3) is 0.235. The molecule has 0 fully saturated rings. The number of hydrogen-bond donors (Lipinski definition) is 0. The molecule has 1 aromatic carbocycles. The molecular weight excluding hydrogens is 453 g/mol. The second kappa shape index (κ2) is 7.72. The van der Waals surface area contributed by atoms with Gasteiger partial charge in [-0.1, -0.05) is 22.9 Å². The van der Waals surface area contributed by atoms with Gasteiger partial charge in [0, 0.05) is 12.6 Å². The summed E-state index contributed by atoms with van der Waals surface area (Å²) in [6.07, 6.45) is -4.97. The van der Waals surface area contributed by atoms with E-state index in [1.165, 1.54) is 18.2 Å². The molecule has 2 aromatic heterocycles. The lowest BCUT2D eigenvalue weighted by atomic mass is 10.1. The molecule has 0 saturated carbocycles. The highest BCUT2D eigenvalue weighted by molar-refractivity contribution is 6.33. The number of nitrogens with zero attached hydrogens (tertiary/aromatic N) is 5. The first-order valence-electron chi connectivity index (χ1n) is 8.20. The van der Waals surface area contributed by atoms with E-state index in [-0.39, 0.29) is 22.6 Å². The van der Waals surface area contributed by atoms with Crippen LogP contribution in [0.1, 0.15) is 26.4 Å². The third-order valence-electron chi connectivity index (χ3n) is 4.20. The third-order valence-corrected chi connectivity index (χ3v) is 4.53. The number of hydrogen-bond acceptors (Lipinski definition) is 6. The molecule has 0 radical (unpaired) electrons. The molecule has 0 saturated heterocycles. The molecule has 3 aromatic rings. The predicted molar refractivity (Wildman–Crippen MR) is 95.2 cm³/mol. The maximum Gasteiger partial charge on any atom is 0.459 e. The maximum atomic E-state index is 13.8. The molecule has 0 atom stereocenters. The Morgan fingerprint density at radius 3 is 2.48 bits per heavy atom. The molecule has 8 nitrogen and oxygen atoms in total. The number of esters is 1. The van der Waals surface area contributed by atoms with Gasteiger partial charge < -0.3 is 4.74 Å². The normalized spacial score (nSPS) is 12.1. The van der Waals surface area contributed by atoms with E-state index in [0.717, 1.165) is 25.0 Å². The van der Waals surface area contributed by atoms with Crippen LogP contribution in [-0.4, -0.2) is 50.3 Å². The summed E-state index contributed by atoms with van der Waals surface area (Å²) >= 11 is 5.95. The zero-order valence-corrected chi connectivity index (χ0v) is 16.4. The molecule has 3 rings (SSSR count). The SMILES string of the molecule is COC(=O)c1cc(-c2cn(-c3c(C=O)c(C(F)(F)C(F)(F)F)nn3C)nn2)ccc1Cl. The van der Waals surface area contributed by atoms with Crippen LogP contribution in [0, 0.1) is 0 Å².